The van der Waals surface area contributed by atoms with Gasteiger partial charge in [-0.25, -0.2) is 14.4 Å². The fourth-order valence-corrected chi connectivity index (χ4v) is 2.39. The lowest BCUT2D eigenvalue weighted by Gasteiger charge is -2.09. The van der Waals surface area contributed by atoms with Crippen molar-refractivity contribution in [2.24, 2.45) is 0 Å². The summed E-state index contributed by atoms with van der Waals surface area (Å²) in [5.41, 5.74) is 1.14. The smallest absolute Gasteiger partial charge is 0.162 e. The van der Waals surface area contributed by atoms with Crippen LogP contribution in [0.15, 0.2) is 27.1 Å². The fourth-order valence-electron chi connectivity index (χ4n) is 1.48. The number of rotatable bonds is 3. The summed E-state index contributed by atoms with van der Waals surface area (Å²) in [6, 6.07) is 4.30. The SMILES string of the molecule is COCc1nc(-c2cc(F)ccc2Br)nc(Cl)c1Br. The molecule has 2 aromatic rings. The van der Waals surface area contributed by atoms with Crippen LogP contribution in [0, 0.1) is 5.82 Å². The Morgan fingerprint density at radius 2 is 2.05 bits per heavy atom. The third-order valence-electron chi connectivity index (χ3n) is 2.33. The number of hydrogen-bond acceptors (Lipinski definition) is 3. The predicted molar refractivity (Wildman–Crippen MR) is 78.5 cm³/mol. The first-order chi connectivity index (χ1) is 9.02. The predicted octanol–water partition coefficient (Wildman–Crippen LogP) is 4.61. The van der Waals surface area contributed by atoms with Gasteiger partial charge in [-0.05, 0) is 34.1 Å². The molecule has 100 valence electrons. The summed E-state index contributed by atoms with van der Waals surface area (Å²) in [5, 5.41) is 0.258. The van der Waals surface area contributed by atoms with E-state index in [2.05, 4.69) is 41.8 Å². The van der Waals surface area contributed by atoms with Crippen LogP contribution in [0.5, 0.6) is 0 Å². The third kappa shape index (κ3) is 3.31. The summed E-state index contributed by atoms with van der Waals surface area (Å²) < 4.78 is 19.6. The Labute approximate surface area is 131 Å². The van der Waals surface area contributed by atoms with Crippen molar-refractivity contribution in [3.8, 4) is 11.4 Å². The summed E-state index contributed by atoms with van der Waals surface area (Å²) in [4.78, 5) is 8.47. The molecule has 3 nitrogen and oxygen atoms in total. The molecule has 0 amide bonds. The molecule has 0 aliphatic carbocycles. The molecule has 0 aliphatic heterocycles. The molecular weight excluding hydrogens is 402 g/mol. The van der Waals surface area contributed by atoms with Crippen LogP contribution in [0.4, 0.5) is 4.39 Å². The summed E-state index contributed by atoms with van der Waals surface area (Å²) in [6.07, 6.45) is 0. The highest BCUT2D eigenvalue weighted by Gasteiger charge is 2.14. The topological polar surface area (TPSA) is 35.0 Å². The molecule has 0 aliphatic rings. The molecule has 0 bridgehead atoms. The normalized spacial score (nSPS) is 10.8. The van der Waals surface area contributed by atoms with Gasteiger partial charge in [-0.15, -0.1) is 0 Å². The second-order valence-corrected chi connectivity index (χ2v) is 5.66. The van der Waals surface area contributed by atoms with Crippen molar-refractivity contribution in [2.75, 3.05) is 7.11 Å². The Hall–Kier alpha value is -0.560. The van der Waals surface area contributed by atoms with Gasteiger partial charge in [0.2, 0.25) is 0 Å². The van der Waals surface area contributed by atoms with E-state index < -0.39 is 0 Å². The van der Waals surface area contributed by atoms with E-state index in [0.717, 1.165) is 0 Å². The molecule has 0 spiro atoms. The number of nitrogens with zero attached hydrogens (tertiary/aromatic N) is 2. The Morgan fingerprint density at radius 3 is 2.74 bits per heavy atom. The molecule has 0 atom stereocenters. The summed E-state index contributed by atoms with van der Waals surface area (Å²) in [6.45, 7) is 0.281. The molecule has 0 N–H and O–H groups in total. The van der Waals surface area contributed by atoms with E-state index in [4.69, 9.17) is 16.3 Å². The van der Waals surface area contributed by atoms with Gasteiger partial charge in [0.25, 0.3) is 0 Å². The highest BCUT2D eigenvalue weighted by molar-refractivity contribution is 9.11. The maximum absolute atomic E-state index is 13.3. The van der Waals surface area contributed by atoms with Crippen LogP contribution in [-0.2, 0) is 11.3 Å². The van der Waals surface area contributed by atoms with Crippen molar-refractivity contribution in [1.29, 1.82) is 0 Å². The number of halogens is 4. The molecule has 2 rings (SSSR count). The molecular formula is C12H8Br2ClFN2O. The molecule has 0 saturated carbocycles. The molecule has 0 radical (unpaired) electrons. The van der Waals surface area contributed by atoms with E-state index in [9.17, 15) is 4.39 Å². The van der Waals surface area contributed by atoms with E-state index >= 15 is 0 Å². The second kappa shape index (κ2) is 6.26. The van der Waals surface area contributed by atoms with Crippen LogP contribution in [0.1, 0.15) is 5.69 Å². The number of benzene rings is 1. The summed E-state index contributed by atoms with van der Waals surface area (Å²) in [7, 11) is 1.56. The fraction of sp³-hybridized carbons (Fsp3) is 0.167. The first-order valence-corrected chi connectivity index (χ1v) is 7.15. The average Bonchev–Trinajstić information content (AvgIpc) is 2.38. The van der Waals surface area contributed by atoms with Gasteiger partial charge in [0.1, 0.15) is 11.0 Å². The highest BCUT2D eigenvalue weighted by Crippen LogP contribution is 2.31. The Morgan fingerprint density at radius 1 is 1.32 bits per heavy atom. The molecule has 0 fully saturated rings. The zero-order valence-electron chi connectivity index (χ0n) is 9.75. The number of ether oxygens (including phenoxy) is 1. The minimum atomic E-state index is -0.367. The number of methoxy groups -OCH3 is 1. The van der Waals surface area contributed by atoms with Crippen LogP contribution in [0.25, 0.3) is 11.4 Å². The van der Waals surface area contributed by atoms with Crippen LogP contribution in [0.2, 0.25) is 5.15 Å². The lowest BCUT2D eigenvalue weighted by Crippen LogP contribution is -2.00. The van der Waals surface area contributed by atoms with Crippen molar-refractivity contribution in [3.63, 3.8) is 0 Å². The molecule has 19 heavy (non-hydrogen) atoms. The van der Waals surface area contributed by atoms with Crippen LogP contribution in [0.3, 0.4) is 0 Å². The summed E-state index contributed by atoms with van der Waals surface area (Å²) in [5.74, 6) is -0.0271. The quantitative estimate of drug-likeness (QED) is 0.694. The lowest BCUT2D eigenvalue weighted by atomic mass is 10.2. The largest absolute Gasteiger partial charge is 0.378 e. The Balaban J connectivity index is 2.59. The van der Waals surface area contributed by atoms with Crippen molar-refractivity contribution in [2.45, 2.75) is 6.61 Å². The monoisotopic (exact) mass is 408 g/mol. The maximum Gasteiger partial charge on any atom is 0.162 e. The van der Waals surface area contributed by atoms with Gasteiger partial charge in [0.15, 0.2) is 5.82 Å². The minimum Gasteiger partial charge on any atom is -0.378 e. The van der Waals surface area contributed by atoms with Crippen LogP contribution < -0.4 is 0 Å². The van der Waals surface area contributed by atoms with E-state index in [0.29, 0.717) is 26.0 Å². The molecule has 1 aromatic carbocycles. The van der Waals surface area contributed by atoms with Gasteiger partial charge in [-0.1, -0.05) is 27.5 Å². The number of hydrogen-bond donors (Lipinski definition) is 0. The first-order valence-electron chi connectivity index (χ1n) is 5.19. The van der Waals surface area contributed by atoms with E-state index in [-0.39, 0.29) is 17.6 Å². The van der Waals surface area contributed by atoms with Crippen LogP contribution >= 0.6 is 43.5 Å². The first kappa shape index (κ1) is 14.8. The molecule has 1 aromatic heterocycles. The summed E-state index contributed by atoms with van der Waals surface area (Å²) >= 11 is 12.7. The van der Waals surface area contributed by atoms with Crippen molar-refractivity contribution in [3.05, 3.63) is 43.8 Å². The van der Waals surface area contributed by atoms with Crippen LogP contribution in [-0.4, -0.2) is 17.1 Å². The molecule has 0 unspecified atom stereocenters. The third-order valence-corrected chi connectivity index (χ3v) is 4.36. The highest BCUT2D eigenvalue weighted by atomic mass is 79.9. The van der Waals surface area contributed by atoms with Crippen molar-refractivity contribution in [1.82, 2.24) is 9.97 Å². The van der Waals surface area contributed by atoms with E-state index in [1.807, 2.05) is 0 Å². The maximum atomic E-state index is 13.3. The second-order valence-electron chi connectivity index (χ2n) is 3.66. The van der Waals surface area contributed by atoms with Gasteiger partial charge in [-0.2, -0.15) is 0 Å². The van der Waals surface area contributed by atoms with E-state index in [1.54, 1.807) is 13.2 Å². The van der Waals surface area contributed by atoms with Gasteiger partial charge < -0.3 is 4.74 Å². The van der Waals surface area contributed by atoms with Gasteiger partial charge in [0.05, 0.1) is 16.8 Å². The average molecular weight is 410 g/mol. The van der Waals surface area contributed by atoms with Crippen molar-refractivity contribution < 1.29 is 9.13 Å². The number of aromatic nitrogens is 2. The lowest BCUT2D eigenvalue weighted by molar-refractivity contribution is 0.181. The molecule has 7 heteroatoms. The van der Waals surface area contributed by atoms with Gasteiger partial charge >= 0.3 is 0 Å². The zero-order valence-corrected chi connectivity index (χ0v) is 13.7. The molecule has 1 heterocycles. The van der Waals surface area contributed by atoms with Crippen molar-refractivity contribution >= 4 is 43.5 Å². The molecule has 0 saturated heterocycles. The van der Waals surface area contributed by atoms with Gasteiger partial charge in [-0.3, -0.25) is 0 Å². The Bertz CT molecular complexity index is 625. The van der Waals surface area contributed by atoms with Gasteiger partial charge in [0, 0.05) is 17.1 Å². The standard InChI is InChI=1S/C12H8Br2ClFN2O/c1-19-5-9-10(14)11(15)18-12(17-9)7-4-6(16)2-3-8(7)13/h2-4H,5H2,1H3. The Kier molecular flexibility index (Phi) is 4.89. The van der Waals surface area contributed by atoms with E-state index in [1.165, 1.54) is 12.1 Å². The zero-order chi connectivity index (χ0) is 14.0. The minimum absolute atomic E-state index is 0.258.